The molecular weight excluding hydrogens is 250 g/mol. The third kappa shape index (κ3) is 1.27. The summed E-state index contributed by atoms with van der Waals surface area (Å²) in [6, 6.07) is 0. The number of hydrogen-bond donors (Lipinski definition) is 1. The molecule has 0 aliphatic rings. The lowest BCUT2D eigenvalue weighted by molar-refractivity contribution is 0.0688. The van der Waals surface area contributed by atoms with Crippen LogP contribution in [0.5, 0.6) is 0 Å². The molecule has 2 heterocycles. The maximum absolute atomic E-state index is 10.9. The second-order valence-electron chi connectivity index (χ2n) is 2.86. The Morgan fingerprint density at radius 3 is 3.00 bits per heavy atom. The summed E-state index contributed by atoms with van der Waals surface area (Å²) < 4.78 is 1.74. The molecule has 2 rings (SSSR count). The van der Waals surface area contributed by atoms with E-state index in [0.29, 0.717) is 10.4 Å². The standard InChI is InChI=1S/C8H6BrN3O2/c1-4-2-10-8-11-6(9)5(7(13)14)12(8)3-4/h2-3H,1H3,(H,13,14). The van der Waals surface area contributed by atoms with Gasteiger partial charge in [0.05, 0.1) is 0 Å². The Morgan fingerprint density at radius 2 is 2.36 bits per heavy atom. The van der Waals surface area contributed by atoms with Crippen molar-refractivity contribution >= 4 is 27.7 Å². The van der Waals surface area contributed by atoms with E-state index in [4.69, 9.17) is 5.11 Å². The van der Waals surface area contributed by atoms with Crippen molar-refractivity contribution in [3.8, 4) is 0 Å². The normalized spacial score (nSPS) is 10.7. The van der Waals surface area contributed by atoms with E-state index in [9.17, 15) is 4.79 Å². The predicted molar refractivity (Wildman–Crippen MR) is 52.4 cm³/mol. The Kier molecular flexibility index (Phi) is 1.99. The minimum absolute atomic E-state index is 0.0937. The van der Waals surface area contributed by atoms with E-state index in [1.807, 2.05) is 6.92 Å². The number of aryl methyl sites for hydroxylation is 1. The van der Waals surface area contributed by atoms with Crippen LogP contribution < -0.4 is 0 Å². The quantitative estimate of drug-likeness (QED) is 0.839. The van der Waals surface area contributed by atoms with Crippen molar-refractivity contribution in [2.45, 2.75) is 6.92 Å². The van der Waals surface area contributed by atoms with Gasteiger partial charge in [-0.15, -0.1) is 0 Å². The minimum Gasteiger partial charge on any atom is -0.476 e. The second-order valence-corrected chi connectivity index (χ2v) is 3.61. The van der Waals surface area contributed by atoms with E-state index in [2.05, 4.69) is 25.9 Å². The topological polar surface area (TPSA) is 67.5 Å². The molecule has 0 amide bonds. The molecule has 0 radical (unpaired) electrons. The number of imidazole rings is 1. The van der Waals surface area contributed by atoms with Crippen molar-refractivity contribution in [2.75, 3.05) is 0 Å². The number of fused-ring (bicyclic) bond motifs is 1. The fourth-order valence-corrected chi connectivity index (χ4v) is 1.71. The molecule has 0 saturated carbocycles. The average Bonchev–Trinajstić information content (AvgIpc) is 2.40. The number of aromatic carboxylic acids is 1. The van der Waals surface area contributed by atoms with Crippen molar-refractivity contribution in [1.82, 2.24) is 14.4 Å². The summed E-state index contributed by atoms with van der Waals surface area (Å²) in [5.41, 5.74) is 0.973. The molecule has 0 atom stereocenters. The summed E-state index contributed by atoms with van der Waals surface area (Å²) in [5.74, 6) is -0.656. The lowest BCUT2D eigenvalue weighted by atomic mass is 10.4. The summed E-state index contributed by atoms with van der Waals surface area (Å²) >= 11 is 3.08. The SMILES string of the molecule is Cc1cnc2nc(Br)c(C(=O)O)n2c1. The van der Waals surface area contributed by atoms with E-state index in [1.54, 1.807) is 12.4 Å². The third-order valence-electron chi connectivity index (χ3n) is 1.77. The van der Waals surface area contributed by atoms with Crippen LogP contribution in [0, 0.1) is 6.92 Å². The van der Waals surface area contributed by atoms with Crippen molar-refractivity contribution in [3.63, 3.8) is 0 Å². The average molecular weight is 256 g/mol. The maximum atomic E-state index is 10.9. The van der Waals surface area contributed by atoms with Gasteiger partial charge in [-0.25, -0.2) is 14.8 Å². The highest BCUT2D eigenvalue weighted by Crippen LogP contribution is 2.17. The Labute approximate surface area is 87.5 Å². The van der Waals surface area contributed by atoms with Crippen LogP contribution in [0.1, 0.15) is 16.1 Å². The zero-order valence-electron chi connectivity index (χ0n) is 7.23. The van der Waals surface area contributed by atoms with Gasteiger partial charge in [0.25, 0.3) is 0 Å². The van der Waals surface area contributed by atoms with Gasteiger partial charge in [0.2, 0.25) is 5.78 Å². The van der Waals surface area contributed by atoms with Crippen LogP contribution >= 0.6 is 15.9 Å². The van der Waals surface area contributed by atoms with Gasteiger partial charge >= 0.3 is 5.97 Å². The molecule has 2 aromatic heterocycles. The zero-order valence-corrected chi connectivity index (χ0v) is 8.82. The minimum atomic E-state index is -1.03. The number of nitrogens with zero attached hydrogens (tertiary/aromatic N) is 3. The number of hydrogen-bond acceptors (Lipinski definition) is 3. The molecule has 72 valence electrons. The van der Waals surface area contributed by atoms with Gasteiger partial charge < -0.3 is 5.11 Å². The van der Waals surface area contributed by atoms with Gasteiger partial charge in [0.1, 0.15) is 4.60 Å². The van der Waals surface area contributed by atoms with Crippen LogP contribution in [0.4, 0.5) is 0 Å². The first-order valence-corrected chi connectivity index (χ1v) is 4.62. The number of halogens is 1. The summed E-state index contributed by atoms with van der Waals surface area (Å²) in [6.07, 6.45) is 3.32. The first-order valence-electron chi connectivity index (χ1n) is 3.83. The van der Waals surface area contributed by atoms with Crippen LogP contribution in [0.2, 0.25) is 0 Å². The van der Waals surface area contributed by atoms with Crippen molar-refractivity contribution in [2.24, 2.45) is 0 Å². The smallest absolute Gasteiger partial charge is 0.355 e. The fraction of sp³-hybridized carbons (Fsp3) is 0.125. The van der Waals surface area contributed by atoms with Crippen molar-refractivity contribution in [1.29, 1.82) is 0 Å². The van der Waals surface area contributed by atoms with Gasteiger partial charge in [0, 0.05) is 12.4 Å². The number of carbonyl (C=O) groups is 1. The number of carboxylic acid groups (broad SMARTS) is 1. The lowest BCUT2D eigenvalue weighted by Gasteiger charge is -1.96. The fourth-order valence-electron chi connectivity index (χ4n) is 1.20. The molecule has 0 unspecified atom stereocenters. The van der Waals surface area contributed by atoms with Crippen molar-refractivity contribution < 1.29 is 9.90 Å². The molecule has 14 heavy (non-hydrogen) atoms. The first kappa shape index (κ1) is 9.14. The monoisotopic (exact) mass is 255 g/mol. The number of carboxylic acids is 1. The summed E-state index contributed by atoms with van der Waals surface area (Å²) in [6.45, 7) is 1.84. The molecule has 0 aliphatic heterocycles. The lowest BCUT2D eigenvalue weighted by Crippen LogP contribution is -2.03. The predicted octanol–water partition coefficient (Wildman–Crippen LogP) is 1.50. The van der Waals surface area contributed by atoms with Gasteiger partial charge in [0.15, 0.2) is 5.69 Å². The van der Waals surface area contributed by atoms with Crippen LogP contribution in [-0.4, -0.2) is 25.4 Å². The maximum Gasteiger partial charge on any atom is 0.355 e. The van der Waals surface area contributed by atoms with Crippen LogP contribution in [0.15, 0.2) is 17.0 Å². The van der Waals surface area contributed by atoms with Crippen LogP contribution in [0.25, 0.3) is 5.78 Å². The van der Waals surface area contributed by atoms with E-state index >= 15 is 0 Å². The van der Waals surface area contributed by atoms with Gasteiger partial charge in [-0.2, -0.15) is 0 Å². The second kappa shape index (κ2) is 3.06. The molecule has 0 bridgehead atoms. The molecule has 0 spiro atoms. The molecular formula is C8H6BrN3O2. The molecule has 0 aliphatic carbocycles. The van der Waals surface area contributed by atoms with E-state index in [-0.39, 0.29) is 5.69 Å². The number of aromatic nitrogens is 3. The first-order chi connectivity index (χ1) is 6.59. The molecule has 5 nitrogen and oxygen atoms in total. The summed E-state index contributed by atoms with van der Waals surface area (Å²) in [5, 5.41) is 8.92. The van der Waals surface area contributed by atoms with Gasteiger partial charge in [-0.3, -0.25) is 4.40 Å². The van der Waals surface area contributed by atoms with E-state index in [1.165, 1.54) is 4.40 Å². The molecule has 6 heteroatoms. The highest BCUT2D eigenvalue weighted by Gasteiger charge is 2.16. The molecule has 0 aromatic carbocycles. The van der Waals surface area contributed by atoms with Gasteiger partial charge in [-0.1, -0.05) is 0 Å². The summed E-state index contributed by atoms with van der Waals surface area (Å²) in [4.78, 5) is 18.9. The highest BCUT2D eigenvalue weighted by atomic mass is 79.9. The third-order valence-corrected chi connectivity index (χ3v) is 2.32. The zero-order chi connectivity index (χ0) is 10.3. The Hall–Kier alpha value is -1.43. The van der Waals surface area contributed by atoms with E-state index in [0.717, 1.165) is 5.56 Å². The number of rotatable bonds is 1. The Bertz CT molecular complexity index is 521. The molecule has 0 saturated heterocycles. The van der Waals surface area contributed by atoms with E-state index < -0.39 is 5.97 Å². The van der Waals surface area contributed by atoms with Crippen molar-refractivity contribution in [3.05, 3.63) is 28.3 Å². The van der Waals surface area contributed by atoms with Gasteiger partial charge in [-0.05, 0) is 28.4 Å². The highest BCUT2D eigenvalue weighted by molar-refractivity contribution is 9.10. The van der Waals surface area contributed by atoms with Crippen LogP contribution in [-0.2, 0) is 0 Å². The molecule has 2 aromatic rings. The Morgan fingerprint density at radius 1 is 1.64 bits per heavy atom. The molecule has 0 fully saturated rings. The summed E-state index contributed by atoms with van der Waals surface area (Å²) in [7, 11) is 0. The Balaban J connectivity index is 2.86. The largest absolute Gasteiger partial charge is 0.476 e. The molecule has 1 N–H and O–H groups in total. The van der Waals surface area contributed by atoms with Crippen LogP contribution in [0.3, 0.4) is 0 Å².